The summed E-state index contributed by atoms with van der Waals surface area (Å²) < 4.78 is 0. The van der Waals surface area contributed by atoms with Crippen LogP contribution in [0.4, 0.5) is 4.79 Å². The van der Waals surface area contributed by atoms with Crippen LogP contribution in [0.2, 0.25) is 0 Å². The van der Waals surface area contributed by atoms with Gasteiger partial charge in [-0.1, -0.05) is 19.1 Å². The van der Waals surface area contributed by atoms with Crippen molar-refractivity contribution in [3.63, 3.8) is 0 Å². The third-order valence-corrected chi connectivity index (χ3v) is 3.93. The SMILES string of the molecule is CSC(C)CCNC(=O)NCc1ccc(C(=O)O)cc1. The molecule has 1 unspecified atom stereocenters. The minimum absolute atomic E-state index is 0.208. The molecule has 0 heterocycles. The van der Waals surface area contributed by atoms with Gasteiger partial charge in [0.2, 0.25) is 0 Å². The summed E-state index contributed by atoms with van der Waals surface area (Å²) in [7, 11) is 0. The van der Waals surface area contributed by atoms with Gasteiger partial charge in [0.25, 0.3) is 0 Å². The van der Waals surface area contributed by atoms with Gasteiger partial charge in [0.05, 0.1) is 5.56 Å². The molecule has 2 amide bonds. The number of aromatic carboxylic acids is 1. The number of amides is 2. The van der Waals surface area contributed by atoms with Gasteiger partial charge in [-0.05, 0) is 30.4 Å². The number of nitrogens with one attached hydrogen (secondary N) is 2. The predicted molar refractivity (Wildman–Crippen MR) is 81.2 cm³/mol. The molecule has 5 nitrogen and oxygen atoms in total. The summed E-state index contributed by atoms with van der Waals surface area (Å²) in [6.45, 7) is 3.14. The minimum atomic E-state index is -0.954. The maximum Gasteiger partial charge on any atom is 0.335 e. The molecule has 1 atom stereocenters. The second kappa shape index (κ2) is 8.47. The Bertz CT molecular complexity index is 448. The van der Waals surface area contributed by atoms with Crippen LogP contribution in [-0.4, -0.2) is 35.2 Å². The van der Waals surface area contributed by atoms with Crippen LogP contribution in [0.3, 0.4) is 0 Å². The number of rotatable bonds is 7. The summed E-state index contributed by atoms with van der Waals surface area (Å²) in [5, 5.41) is 14.8. The molecule has 0 saturated heterocycles. The van der Waals surface area contributed by atoms with Gasteiger partial charge in [-0.15, -0.1) is 0 Å². The van der Waals surface area contributed by atoms with Crippen LogP contribution >= 0.6 is 11.8 Å². The second-order valence-corrected chi connectivity index (χ2v) is 5.72. The molecule has 0 aliphatic carbocycles. The lowest BCUT2D eigenvalue weighted by Gasteiger charge is -2.10. The van der Waals surface area contributed by atoms with Crippen LogP contribution in [0.25, 0.3) is 0 Å². The molecule has 0 aliphatic rings. The van der Waals surface area contributed by atoms with E-state index in [0.717, 1.165) is 12.0 Å². The number of benzene rings is 1. The van der Waals surface area contributed by atoms with E-state index in [1.54, 1.807) is 23.9 Å². The van der Waals surface area contributed by atoms with Crippen LogP contribution < -0.4 is 10.6 Å². The number of hydrogen-bond acceptors (Lipinski definition) is 3. The van der Waals surface area contributed by atoms with Crippen LogP contribution in [0.15, 0.2) is 24.3 Å². The van der Waals surface area contributed by atoms with Crippen molar-refractivity contribution >= 4 is 23.8 Å². The van der Waals surface area contributed by atoms with Crippen molar-refractivity contribution in [1.82, 2.24) is 10.6 Å². The van der Waals surface area contributed by atoms with Gasteiger partial charge in [0.15, 0.2) is 0 Å². The van der Waals surface area contributed by atoms with E-state index in [-0.39, 0.29) is 11.6 Å². The molecular weight excluding hydrogens is 276 g/mol. The molecule has 0 radical (unpaired) electrons. The zero-order valence-corrected chi connectivity index (χ0v) is 12.5. The van der Waals surface area contributed by atoms with Crippen molar-refractivity contribution in [2.45, 2.75) is 25.1 Å². The average Bonchev–Trinajstić information content (AvgIpc) is 2.45. The summed E-state index contributed by atoms with van der Waals surface area (Å²) in [5.74, 6) is -0.954. The summed E-state index contributed by atoms with van der Waals surface area (Å²) in [6, 6.07) is 6.23. The lowest BCUT2D eigenvalue weighted by atomic mass is 10.1. The van der Waals surface area contributed by atoms with E-state index in [4.69, 9.17) is 5.11 Å². The normalized spacial score (nSPS) is 11.7. The Morgan fingerprint density at radius 3 is 2.45 bits per heavy atom. The van der Waals surface area contributed by atoms with Crippen molar-refractivity contribution in [1.29, 1.82) is 0 Å². The first-order valence-electron chi connectivity index (χ1n) is 6.39. The average molecular weight is 296 g/mol. The van der Waals surface area contributed by atoms with Crippen molar-refractivity contribution in [3.8, 4) is 0 Å². The third kappa shape index (κ3) is 5.97. The second-order valence-electron chi connectivity index (χ2n) is 4.45. The third-order valence-electron chi connectivity index (χ3n) is 2.89. The van der Waals surface area contributed by atoms with Crippen LogP contribution in [-0.2, 0) is 6.54 Å². The smallest absolute Gasteiger partial charge is 0.335 e. The quantitative estimate of drug-likeness (QED) is 0.721. The van der Waals surface area contributed by atoms with E-state index in [2.05, 4.69) is 17.6 Å². The molecule has 110 valence electrons. The molecule has 1 rings (SSSR count). The van der Waals surface area contributed by atoms with Gasteiger partial charge < -0.3 is 15.7 Å². The highest BCUT2D eigenvalue weighted by Crippen LogP contribution is 2.08. The van der Waals surface area contributed by atoms with Gasteiger partial charge in [-0.3, -0.25) is 0 Å². The molecule has 20 heavy (non-hydrogen) atoms. The van der Waals surface area contributed by atoms with E-state index in [9.17, 15) is 9.59 Å². The Morgan fingerprint density at radius 1 is 1.25 bits per heavy atom. The maximum absolute atomic E-state index is 11.5. The first-order chi connectivity index (χ1) is 9.52. The zero-order valence-electron chi connectivity index (χ0n) is 11.7. The standard InChI is InChI=1S/C14H20N2O3S/c1-10(20-2)7-8-15-14(19)16-9-11-3-5-12(6-4-11)13(17)18/h3-6,10H,7-9H2,1-2H3,(H,17,18)(H2,15,16,19). The van der Waals surface area contributed by atoms with E-state index in [1.807, 2.05) is 6.26 Å². The molecule has 0 aromatic heterocycles. The zero-order chi connectivity index (χ0) is 15.0. The highest BCUT2D eigenvalue weighted by molar-refractivity contribution is 7.99. The summed E-state index contributed by atoms with van der Waals surface area (Å²) in [4.78, 5) is 22.2. The molecule has 0 aliphatic heterocycles. The topological polar surface area (TPSA) is 78.4 Å². The minimum Gasteiger partial charge on any atom is -0.478 e. The molecule has 0 fully saturated rings. The van der Waals surface area contributed by atoms with Crippen LogP contribution in [0.5, 0.6) is 0 Å². The molecule has 1 aromatic rings. The Kier molecular flexibility index (Phi) is 6.93. The maximum atomic E-state index is 11.5. The van der Waals surface area contributed by atoms with Crippen molar-refractivity contribution in [2.75, 3.05) is 12.8 Å². The molecule has 0 spiro atoms. The summed E-state index contributed by atoms with van der Waals surface area (Å²) in [5.41, 5.74) is 1.10. The summed E-state index contributed by atoms with van der Waals surface area (Å²) >= 11 is 1.77. The Hall–Kier alpha value is -1.69. The lowest BCUT2D eigenvalue weighted by molar-refractivity contribution is 0.0697. The molecule has 0 bridgehead atoms. The van der Waals surface area contributed by atoms with E-state index < -0.39 is 5.97 Å². The Balaban J connectivity index is 2.28. The predicted octanol–water partition coefficient (Wildman–Crippen LogP) is 2.33. The fourth-order valence-electron chi connectivity index (χ4n) is 1.52. The fraction of sp³-hybridized carbons (Fsp3) is 0.429. The van der Waals surface area contributed by atoms with Gasteiger partial charge >= 0.3 is 12.0 Å². The van der Waals surface area contributed by atoms with Gasteiger partial charge in [0.1, 0.15) is 0 Å². The summed E-state index contributed by atoms with van der Waals surface area (Å²) in [6.07, 6.45) is 2.98. The van der Waals surface area contributed by atoms with Gasteiger partial charge in [-0.25, -0.2) is 9.59 Å². The highest BCUT2D eigenvalue weighted by atomic mass is 32.2. The van der Waals surface area contributed by atoms with E-state index in [1.165, 1.54) is 12.1 Å². The number of urea groups is 1. The number of carbonyl (C=O) groups excluding carboxylic acids is 1. The van der Waals surface area contributed by atoms with Crippen LogP contribution in [0.1, 0.15) is 29.3 Å². The molecule has 3 N–H and O–H groups in total. The number of carbonyl (C=O) groups is 2. The van der Waals surface area contributed by atoms with Gasteiger partial charge in [-0.2, -0.15) is 11.8 Å². The largest absolute Gasteiger partial charge is 0.478 e. The van der Waals surface area contributed by atoms with Gasteiger partial charge in [0, 0.05) is 18.3 Å². The Morgan fingerprint density at radius 2 is 1.90 bits per heavy atom. The van der Waals surface area contributed by atoms with E-state index in [0.29, 0.717) is 18.3 Å². The Labute approximate surface area is 123 Å². The lowest BCUT2D eigenvalue weighted by Crippen LogP contribution is -2.36. The molecule has 0 saturated carbocycles. The molecule has 6 heteroatoms. The number of carboxylic acid groups (broad SMARTS) is 1. The highest BCUT2D eigenvalue weighted by Gasteiger charge is 2.04. The fourth-order valence-corrected chi connectivity index (χ4v) is 1.87. The molecular formula is C14H20N2O3S. The first-order valence-corrected chi connectivity index (χ1v) is 7.68. The number of hydrogen-bond donors (Lipinski definition) is 3. The molecule has 1 aromatic carbocycles. The number of thioether (sulfide) groups is 1. The first kappa shape index (κ1) is 16.4. The van der Waals surface area contributed by atoms with E-state index >= 15 is 0 Å². The van der Waals surface area contributed by atoms with Crippen molar-refractivity contribution in [3.05, 3.63) is 35.4 Å². The van der Waals surface area contributed by atoms with Crippen molar-refractivity contribution in [2.24, 2.45) is 0 Å². The van der Waals surface area contributed by atoms with Crippen molar-refractivity contribution < 1.29 is 14.7 Å². The number of carboxylic acids is 1. The van der Waals surface area contributed by atoms with Crippen LogP contribution in [0, 0.1) is 0 Å². The monoisotopic (exact) mass is 296 g/mol.